The number of nitrogens with one attached hydrogen (secondary N) is 1. The largest absolute Gasteiger partial charge is 0.279 e. The molecule has 0 aromatic heterocycles. The summed E-state index contributed by atoms with van der Waals surface area (Å²) in [5, 5.41) is 10.8. The molecule has 0 heterocycles. The lowest BCUT2D eigenvalue weighted by Gasteiger charge is -2.08. The van der Waals surface area contributed by atoms with Crippen molar-refractivity contribution in [2.75, 3.05) is 4.72 Å². The van der Waals surface area contributed by atoms with Crippen LogP contribution in [-0.2, 0) is 10.0 Å². The second-order valence-corrected chi connectivity index (χ2v) is 5.92. The number of hydrogen-bond acceptors (Lipinski definition) is 4. The number of nitro benzene ring substituents is 1. The number of hydrogen-bond donors (Lipinski definition) is 1. The summed E-state index contributed by atoms with van der Waals surface area (Å²) in [4.78, 5) is 10.3. The summed E-state index contributed by atoms with van der Waals surface area (Å²) in [5.74, 6) is 0. The maximum absolute atomic E-state index is 12.1. The lowest BCUT2D eigenvalue weighted by molar-refractivity contribution is -0.384. The monoisotopic (exact) mass is 292 g/mol. The Hall–Kier alpha value is -2.41. The molecule has 2 aromatic rings. The molecule has 0 spiro atoms. The fourth-order valence-corrected chi connectivity index (χ4v) is 2.80. The Bertz CT molecular complexity index is 742. The van der Waals surface area contributed by atoms with Crippen molar-refractivity contribution in [3.63, 3.8) is 0 Å². The van der Waals surface area contributed by atoms with Crippen LogP contribution in [0.2, 0.25) is 0 Å². The molecule has 0 radical (unpaired) electrons. The van der Waals surface area contributed by atoms with Gasteiger partial charge in [0.05, 0.1) is 15.5 Å². The van der Waals surface area contributed by atoms with Crippen LogP contribution in [0.3, 0.4) is 0 Å². The molecular weight excluding hydrogens is 280 g/mol. The van der Waals surface area contributed by atoms with Gasteiger partial charge in [0.1, 0.15) is 0 Å². The standard InChI is InChI=1S/C13H12N2O4S/c1-10-7-11(9-12(8-10)15(16)17)14-20(18,19)13-5-3-2-4-6-13/h2-9,14H,1H3. The molecule has 0 unspecified atom stereocenters. The summed E-state index contributed by atoms with van der Waals surface area (Å²) in [6.45, 7) is 1.66. The Kier molecular flexibility index (Phi) is 3.71. The molecule has 104 valence electrons. The Morgan fingerprint density at radius 1 is 1.10 bits per heavy atom. The van der Waals surface area contributed by atoms with Crippen LogP contribution < -0.4 is 4.72 Å². The Morgan fingerprint density at radius 3 is 2.35 bits per heavy atom. The Labute approximate surface area is 116 Å². The third kappa shape index (κ3) is 3.12. The van der Waals surface area contributed by atoms with Gasteiger partial charge in [-0.3, -0.25) is 14.8 Å². The number of nitrogens with zero attached hydrogens (tertiary/aromatic N) is 1. The number of nitro groups is 1. The van der Waals surface area contributed by atoms with Crippen LogP contribution in [0.25, 0.3) is 0 Å². The first-order valence-electron chi connectivity index (χ1n) is 5.72. The van der Waals surface area contributed by atoms with Crippen LogP contribution >= 0.6 is 0 Å². The molecule has 0 fully saturated rings. The van der Waals surface area contributed by atoms with E-state index in [1.807, 2.05) is 0 Å². The molecule has 0 amide bonds. The summed E-state index contributed by atoms with van der Waals surface area (Å²) in [5.41, 5.74) is 0.612. The topological polar surface area (TPSA) is 89.3 Å². The number of anilines is 1. The molecule has 0 bridgehead atoms. The van der Waals surface area contributed by atoms with Crippen molar-refractivity contribution in [2.24, 2.45) is 0 Å². The van der Waals surface area contributed by atoms with Gasteiger partial charge in [-0.25, -0.2) is 8.42 Å². The zero-order valence-corrected chi connectivity index (χ0v) is 11.4. The summed E-state index contributed by atoms with van der Waals surface area (Å²) in [7, 11) is -3.75. The van der Waals surface area contributed by atoms with Crippen LogP contribution in [0, 0.1) is 17.0 Å². The van der Waals surface area contributed by atoms with Crippen molar-refractivity contribution >= 4 is 21.4 Å². The van der Waals surface area contributed by atoms with Gasteiger partial charge >= 0.3 is 0 Å². The van der Waals surface area contributed by atoms with Gasteiger partial charge in [-0.1, -0.05) is 18.2 Å². The van der Waals surface area contributed by atoms with E-state index in [-0.39, 0.29) is 16.3 Å². The average molecular weight is 292 g/mol. The molecule has 0 aliphatic heterocycles. The summed E-state index contributed by atoms with van der Waals surface area (Å²) < 4.78 is 26.6. The van der Waals surface area contributed by atoms with Crippen molar-refractivity contribution in [2.45, 2.75) is 11.8 Å². The second-order valence-electron chi connectivity index (χ2n) is 4.23. The van der Waals surface area contributed by atoms with E-state index in [2.05, 4.69) is 4.72 Å². The molecule has 1 N–H and O–H groups in total. The molecule has 2 rings (SSSR count). The molecule has 0 aliphatic carbocycles. The molecule has 0 saturated carbocycles. The number of rotatable bonds is 4. The summed E-state index contributed by atoms with van der Waals surface area (Å²) in [6.07, 6.45) is 0. The van der Waals surface area contributed by atoms with Crippen LogP contribution in [0.1, 0.15) is 5.56 Å². The van der Waals surface area contributed by atoms with Gasteiger partial charge < -0.3 is 0 Å². The zero-order chi connectivity index (χ0) is 14.8. The van der Waals surface area contributed by atoms with E-state index in [9.17, 15) is 18.5 Å². The molecule has 0 saturated heterocycles. The first-order chi connectivity index (χ1) is 9.38. The Morgan fingerprint density at radius 2 is 1.75 bits per heavy atom. The fourth-order valence-electron chi connectivity index (χ4n) is 1.74. The molecule has 20 heavy (non-hydrogen) atoms. The highest BCUT2D eigenvalue weighted by Crippen LogP contribution is 2.23. The van der Waals surface area contributed by atoms with E-state index in [4.69, 9.17) is 0 Å². The van der Waals surface area contributed by atoms with Crippen LogP contribution in [0.15, 0.2) is 53.4 Å². The maximum Gasteiger partial charge on any atom is 0.271 e. The quantitative estimate of drug-likeness (QED) is 0.693. The van der Waals surface area contributed by atoms with Gasteiger partial charge in [0, 0.05) is 12.1 Å². The molecule has 2 aromatic carbocycles. The molecule has 7 heteroatoms. The highest BCUT2D eigenvalue weighted by atomic mass is 32.2. The lowest BCUT2D eigenvalue weighted by Crippen LogP contribution is -2.13. The third-order valence-corrected chi connectivity index (χ3v) is 3.98. The van der Waals surface area contributed by atoms with Crippen LogP contribution in [0.4, 0.5) is 11.4 Å². The zero-order valence-electron chi connectivity index (χ0n) is 10.6. The summed E-state index contributed by atoms with van der Waals surface area (Å²) in [6, 6.07) is 11.9. The molecule has 6 nitrogen and oxygen atoms in total. The van der Waals surface area contributed by atoms with Gasteiger partial charge in [0.15, 0.2) is 0 Å². The van der Waals surface area contributed by atoms with Crippen molar-refractivity contribution < 1.29 is 13.3 Å². The van der Waals surface area contributed by atoms with Gasteiger partial charge in [0.2, 0.25) is 0 Å². The van der Waals surface area contributed by atoms with Crippen molar-refractivity contribution in [3.8, 4) is 0 Å². The first kappa shape index (κ1) is 14.0. The minimum atomic E-state index is -3.75. The van der Waals surface area contributed by atoms with E-state index in [0.717, 1.165) is 0 Å². The van der Waals surface area contributed by atoms with E-state index in [0.29, 0.717) is 5.56 Å². The van der Waals surface area contributed by atoms with Crippen molar-refractivity contribution in [1.82, 2.24) is 0 Å². The molecular formula is C13H12N2O4S. The van der Waals surface area contributed by atoms with Crippen molar-refractivity contribution in [3.05, 3.63) is 64.2 Å². The lowest BCUT2D eigenvalue weighted by atomic mass is 10.2. The first-order valence-corrected chi connectivity index (χ1v) is 7.21. The molecule has 0 atom stereocenters. The minimum Gasteiger partial charge on any atom is -0.279 e. The van der Waals surface area contributed by atoms with Crippen LogP contribution in [-0.4, -0.2) is 13.3 Å². The van der Waals surface area contributed by atoms with Gasteiger partial charge in [-0.05, 0) is 30.7 Å². The predicted molar refractivity (Wildman–Crippen MR) is 75.1 cm³/mol. The third-order valence-electron chi connectivity index (χ3n) is 2.58. The number of benzene rings is 2. The normalized spacial score (nSPS) is 11.1. The van der Waals surface area contributed by atoms with E-state index >= 15 is 0 Å². The Balaban J connectivity index is 2.37. The average Bonchev–Trinajstić information content (AvgIpc) is 2.38. The van der Waals surface area contributed by atoms with E-state index < -0.39 is 14.9 Å². The molecule has 0 aliphatic rings. The van der Waals surface area contributed by atoms with Gasteiger partial charge in [-0.2, -0.15) is 0 Å². The fraction of sp³-hybridized carbons (Fsp3) is 0.0769. The number of non-ortho nitro benzene ring substituents is 1. The number of sulfonamides is 1. The predicted octanol–water partition coefficient (Wildman–Crippen LogP) is 2.70. The number of aryl methyl sites for hydroxylation is 1. The summed E-state index contributed by atoms with van der Waals surface area (Å²) >= 11 is 0. The highest BCUT2D eigenvalue weighted by Gasteiger charge is 2.16. The van der Waals surface area contributed by atoms with Crippen LogP contribution in [0.5, 0.6) is 0 Å². The SMILES string of the molecule is Cc1cc(NS(=O)(=O)c2ccccc2)cc([N+](=O)[O-])c1. The highest BCUT2D eigenvalue weighted by molar-refractivity contribution is 7.92. The van der Waals surface area contributed by atoms with E-state index in [1.165, 1.54) is 30.3 Å². The van der Waals surface area contributed by atoms with Gasteiger partial charge in [-0.15, -0.1) is 0 Å². The maximum atomic E-state index is 12.1. The minimum absolute atomic E-state index is 0.101. The van der Waals surface area contributed by atoms with E-state index in [1.54, 1.807) is 25.1 Å². The second kappa shape index (κ2) is 5.30. The van der Waals surface area contributed by atoms with Crippen molar-refractivity contribution in [1.29, 1.82) is 0 Å². The smallest absolute Gasteiger partial charge is 0.271 e. The van der Waals surface area contributed by atoms with Gasteiger partial charge in [0.25, 0.3) is 15.7 Å².